The molecule has 0 spiro atoms. The van der Waals surface area contributed by atoms with E-state index in [1.165, 1.54) is 18.4 Å². The van der Waals surface area contributed by atoms with Crippen molar-refractivity contribution in [2.75, 3.05) is 14.2 Å². The highest BCUT2D eigenvalue weighted by Gasteiger charge is 2.27. The maximum absolute atomic E-state index is 14.9. The van der Waals surface area contributed by atoms with Gasteiger partial charge in [0, 0.05) is 23.5 Å². The second kappa shape index (κ2) is 9.34. The summed E-state index contributed by atoms with van der Waals surface area (Å²) in [5.41, 5.74) is 6.09. The minimum Gasteiger partial charge on any atom is -0.481 e. The molecule has 170 valence electrons. The fourth-order valence-electron chi connectivity index (χ4n) is 4.81. The normalized spacial score (nSPS) is 18.0. The van der Waals surface area contributed by atoms with Crippen molar-refractivity contribution < 1.29 is 13.9 Å². The highest BCUT2D eigenvalue weighted by molar-refractivity contribution is 5.67. The third-order valence-corrected chi connectivity index (χ3v) is 6.77. The van der Waals surface area contributed by atoms with E-state index in [-0.39, 0.29) is 11.7 Å². The SMILES string of the molecule is COc1nc(OC)c(Cc2ccccc2)c(C2CC=C(c3ccc(C4CC4)cc3F)CC2)n1. The van der Waals surface area contributed by atoms with Crippen LogP contribution in [0.25, 0.3) is 5.57 Å². The van der Waals surface area contributed by atoms with Crippen molar-refractivity contribution in [3.63, 3.8) is 0 Å². The summed E-state index contributed by atoms with van der Waals surface area (Å²) in [5, 5.41) is 0. The molecule has 0 bridgehead atoms. The van der Waals surface area contributed by atoms with Gasteiger partial charge in [-0.05, 0) is 60.8 Å². The van der Waals surface area contributed by atoms with Crippen molar-refractivity contribution in [1.82, 2.24) is 9.97 Å². The topological polar surface area (TPSA) is 44.2 Å². The Balaban J connectivity index is 1.44. The Kier molecular flexibility index (Phi) is 6.12. The lowest BCUT2D eigenvalue weighted by molar-refractivity contribution is 0.344. The quantitative estimate of drug-likeness (QED) is 0.420. The monoisotopic (exact) mass is 444 g/mol. The average molecular weight is 445 g/mol. The average Bonchev–Trinajstić information content (AvgIpc) is 3.70. The Morgan fingerprint density at radius 2 is 1.76 bits per heavy atom. The number of benzene rings is 2. The molecular formula is C28H29FN2O2. The zero-order chi connectivity index (χ0) is 22.8. The van der Waals surface area contributed by atoms with Crippen LogP contribution in [0.5, 0.6) is 11.9 Å². The second-order valence-corrected chi connectivity index (χ2v) is 8.96. The van der Waals surface area contributed by atoms with Gasteiger partial charge < -0.3 is 9.47 Å². The van der Waals surface area contributed by atoms with Gasteiger partial charge in [-0.3, -0.25) is 0 Å². The fourth-order valence-corrected chi connectivity index (χ4v) is 4.81. The van der Waals surface area contributed by atoms with Gasteiger partial charge in [0.2, 0.25) is 5.88 Å². The van der Waals surface area contributed by atoms with E-state index < -0.39 is 0 Å². The number of allylic oxidation sites excluding steroid dienone is 2. The summed E-state index contributed by atoms with van der Waals surface area (Å²) < 4.78 is 25.9. The van der Waals surface area contributed by atoms with E-state index >= 15 is 0 Å². The van der Waals surface area contributed by atoms with Crippen molar-refractivity contribution in [2.24, 2.45) is 0 Å². The highest BCUT2D eigenvalue weighted by atomic mass is 19.1. The van der Waals surface area contributed by atoms with Crippen LogP contribution in [0.2, 0.25) is 0 Å². The minimum absolute atomic E-state index is 0.0979. The highest BCUT2D eigenvalue weighted by Crippen LogP contribution is 2.43. The first-order chi connectivity index (χ1) is 16.2. The second-order valence-electron chi connectivity index (χ2n) is 8.96. The largest absolute Gasteiger partial charge is 0.481 e. The van der Waals surface area contributed by atoms with E-state index in [1.54, 1.807) is 20.3 Å². The van der Waals surface area contributed by atoms with Gasteiger partial charge in [0.15, 0.2) is 0 Å². The van der Waals surface area contributed by atoms with E-state index in [0.717, 1.165) is 47.2 Å². The van der Waals surface area contributed by atoms with Crippen LogP contribution < -0.4 is 9.47 Å². The van der Waals surface area contributed by atoms with Crippen molar-refractivity contribution >= 4 is 5.57 Å². The van der Waals surface area contributed by atoms with Crippen molar-refractivity contribution in [3.8, 4) is 11.9 Å². The van der Waals surface area contributed by atoms with Gasteiger partial charge in [0.1, 0.15) is 5.82 Å². The number of hydrogen-bond acceptors (Lipinski definition) is 4. The van der Waals surface area contributed by atoms with Crippen molar-refractivity contribution in [2.45, 2.75) is 50.4 Å². The molecule has 1 saturated carbocycles. The number of hydrogen-bond donors (Lipinski definition) is 0. The molecule has 3 aromatic rings. The van der Waals surface area contributed by atoms with Crippen LogP contribution in [0.4, 0.5) is 4.39 Å². The summed E-state index contributed by atoms with van der Waals surface area (Å²) in [6.45, 7) is 0. The van der Waals surface area contributed by atoms with Crippen LogP contribution >= 0.6 is 0 Å². The van der Waals surface area contributed by atoms with Crippen LogP contribution in [0, 0.1) is 5.82 Å². The zero-order valence-corrected chi connectivity index (χ0v) is 19.2. The first-order valence-corrected chi connectivity index (χ1v) is 11.7. The van der Waals surface area contributed by atoms with E-state index in [2.05, 4.69) is 29.3 Å². The van der Waals surface area contributed by atoms with Crippen LogP contribution in [-0.2, 0) is 6.42 Å². The van der Waals surface area contributed by atoms with Gasteiger partial charge in [0.05, 0.1) is 19.9 Å². The Hall–Kier alpha value is -3.21. The summed E-state index contributed by atoms with van der Waals surface area (Å²) in [6, 6.07) is 16.4. The molecule has 33 heavy (non-hydrogen) atoms. The van der Waals surface area contributed by atoms with Gasteiger partial charge in [0.25, 0.3) is 0 Å². The molecule has 0 amide bonds. The molecule has 1 atom stereocenters. The van der Waals surface area contributed by atoms with Gasteiger partial charge in [-0.1, -0.05) is 48.5 Å². The maximum Gasteiger partial charge on any atom is 0.319 e. The summed E-state index contributed by atoms with van der Waals surface area (Å²) >= 11 is 0. The molecule has 5 heteroatoms. The molecule has 2 aliphatic carbocycles. The third kappa shape index (κ3) is 4.63. The van der Waals surface area contributed by atoms with Crippen LogP contribution in [0.15, 0.2) is 54.6 Å². The lowest BCUT2D eigenvalue weighted by Crippen LogP contribution is -2.13. The molecule has 0 radical (unpaired) electrons. The maximum atomic E-state index is 14.9. The standard InChI is InChI=1S/C28H29FN2O2/c1-32-27-24(16-18-6-4-3-5-7-18)26(30-28(31-27)33-2)21-12-10-20(11-13-21)23-15-14-22(17-25(23)29)19-8-9-19/h3-7,10,14-15,17,19,21H,8-9,11-13,16H2,1-2H3. The number of methoxy groups -OCH3 is 2. The number of halogens is 1. The van der Waals surface area contributed by atoms with Crippen molar-refractivity contribution in [1.29, 1.82) is 0 Å². The Labute approximate surface area is 194 Å². The predicted molar refractivity (Wildman–Crippen MR) is 127 cm³/mol. The minimum atomic E-state index is -0.0979. The zero-order valence-electron chi connectivity index (χ0n) is 19.2. The lowest BCUT2D eigenvalue weighted by atomic mass is 9.82. The molecule has 4 nitrogen and oxygen atoms in total. The molecule has 1 aromatic heterocycles. The molecule has 2 aliphatic rings. The Morgan fingerprint density at radius 3 is 2.39 bits per heavy atom. The molecule has 2 aromatic carbocycles. The van der Waals surface area contributed by atoms with E-state index in [9.17, 15) is 4.39 Å². The number of aromatic nitrogens is 2. The van der Waals surface area contributed by atoms with Gasteiger partial charge >= 0.3 is 6.01 Å². The molecule has 1 unspecified atom stereocenters. The fraction of sp³-hybridized carbons (Fsp3) is 0.357. The van der Waals surface area contributed by atoms with Crippen LogP contribution in [-0.4, -0.2) is 24.2 Å². The molecule has 1 heterocycles. The van der Waals surface area contributed by atoms with Crippen LogP contribution in [0.3, 0.4) is 0 Å². The Bertz CT molecular complexity index is 1170. The molecular weight excluding hydrogens is 415 g/mol. The smallest absolute Gasteiger partial charge is 0.319 e. The van der Waals surface area contributed by atoms with Gasteiger partial charge in [-0.2, -0.15) is 9.97 Å². The number of nitrogens with zero attached hydrogens (tertiary/aromatic N) is 2. The lowest BCUT2D eigenvalue weighted by Gasteiger charge is -2.25. The predicted octanol–water partition coefficient (Wildman–Crippen LogP) is 6.45. The molecule has 0 N–H and O–H groups in total. The summed E-state index contributed by atoms with van der Waals surface area (Å²) in [5.74, 6) is 1.22. The van der Waals surface area contributed by atoms with E-state index in [0.29, 0.717) is 24.2 Å². The third-order valence-electron chi connectivity index (χ3n) is 6.77. The summed E-state index contributed by atoms with van der Waals surface area (Å²) in [6.07, 6.45) is 7.72. The van der Waals surface area contributed by atoms with Crippen LogP contribution in [0.1, 0.15) is 71.9 Å². The first kappa shape index (κ1) is 21.6. The summed E-state index contributed by atoms with van der Waals surface area (Å²) in [4.78, 5) is 9.20. The van der Waals surface area contributed by atoms with E-state index in [1.807, 2.05) is 24.3 Å². The molecule has 0 aliphatic heterocycles. The molecule has 5 rings (SSSR count). The summed E-state index contributed by atoms with van der Waals surface area (Å²) in [7, 11) is 3.20. The number of ether oxygens (including phenoxy) is 2. The van der Waals surface area contributed by atoms with Gasteiger partial charge in [-0.25, -0.2) is 4.39 Å². The first-order valence-electron chi connectivity index (χ1n) is 11.7. The van der Waals surface area contributed by atoms with Gasteiger partial charge in [-0.15, -0.1) is 0 Å². The van der Waals surface area contributed by atoms with E-state index in [4.69, 9.17) is 14.5 Å². The molecule has 1 fully saturated rings. The molecule has 0 saturated heterocycles. The number of rotatable bonds is 7. The Morgan fingerprint density at radius 1 is 0.939 bits per heavy atom. The van der Waals surface area contributed by atoms with Crippen molar-refractivity contribution in [3.05, 3.63) is 88.4 Å².